The van der Waals surface area contributed by atoms with Gasteiger partial charge in [-0.2, -0.15) is 0 Å². The van der Waals surface area contributed by atoms with E-state index < -0.39 is 0 Å². The molecule has 0 aromatic carbocycles. The monoisotopic (exact) mass is 146 g/mol. The predicted molar refractivity (Wildman–Crippen MR) is 37.6 cm³/mol. The molecule has 0 unspecified atom stereocenters. The van der Waals surface area contributed by atoms with Gasteiger partial charge in [-0.05, 0) is 12.8 Å². The Morgan fingerprint density at radius 2 is 1.70 bits per heavy atom. The van der Waals surface area contributed by atoms with Crippen LogP contribution in [0.1, 0.15) is 25.7 Å². The van der Waals surface area contributed by atoms with E-state index in [1.807, 2.05) is 0 Å². The number of hydrogen-bond acceptors (Lipinski definition) is 3. The SMILES string of the molecule is O=C(CCO)CCCCO. The van der Waals surface area contributed by atoms with E-state index in [4.69, 9.17) is 10.2 Å². The van der Waals surface area contributed by atoms with Crippen LogP contribution in [0.5, 0.6) is 0 Å². The molecule has 0 aliphatic heterocycles. The third-order valence-corrected chi connectivity index (χ3v) is 1.25. The molecule has 0 spiro atoms. The number of Topliss-reactive ketones (excluding diaryl/α,β-unsaturated/α-hetero) is 1. The molecule has 0 saturated heterocycles. The molecule has 2 N–H and O–H groups in total. The van der Waals surface area contributed by atoms with Crippen molar-refractivity contribution in [3.63, 3.8) is 0 Å². The number of carbonyl (C=O) groups is 1. The lowest BCUT2D eigenvalue weighted by atomic mass is 10.1. The van der Waals surface area contributed by atoms with Crippen LogP contribution in [0.25, 0.3) is 0 Å². The maximum absolute atomic E-state index is 10.7. The molecule has 0 radical (unpaired) electrons. The second kappa shape index (κ2) is 6.71. The highest BCUT2D eigenvalue weighted by Gasteiger charge is 1.98. The standard InChI is InChI=1S/C7H14O3/c8-5-2-1-3-7(10)4-6-9/h8-9H,1-6H2. The lowest BCUT2D eigenvalue weighted by Gasteiger charge is -1.95. The van der Waals surface area contributed by atoms with Gasteiger partial charge in [0.1, 0.15) is 5.78 Å². The van der Waals surface area contributed by atoms with E-state index in [0.717, 1.165) is 6.42 Å². The van der Waals surface area contributed by atoms with Crippen LogP contribution in [0, 0.1) is 0 Å². The van der Waals surface area contributed by atoms with Gasteiger partial charge in [0.15, 0.2) is 0 Å². The second-order valence-corrected chi connectivity index (χ2v) is 2.19. The van der Waals surface area contributed by atoms with Crippen molar-refractivity contribution in [1.82, 2.24) is 0 Å². The molecule has 0 saturated carbocycles. The first-order valence-electron chi connectivity index (χ1n) is 3.54. The summed E-state index contributed by atoms with van der Waals surface area (Å²) in [5.41, 5.74) is 0. The molecular formula is C7H14O3. The summed E-state index contributed by atoms with van der Waals surface area (Å²) >= 11 is 0. The minimum absolute atomic E-state index is 0.0576. The van der Waals surface area contributed by atoms with E-state index in [2.05, 4.69) is 0 Å². The molecule has 0 atom stereocenters. The fourth-order valence-electron chi connectivity index (χ4n) is 0.684. The minimum Gasteiger partial charge on any atom is -0.396 e. The number of rotatable bonds is 6. The molecule has 0 amide bonds. The van der Waals surface area contributed by atoms with E-state index in [1.54, 1.807) is 0 Å². The third-order valence-electron chi connectivity index (χ3n) is 1.25. The summed E-state index contributed by atoms with van der Waals surface area (Å²) in [6.07, 6.45) is 2.15. The number of carbonyl (C=O) groups excluding carboxylic acids is 1. The Balaban J connectivity index is 3.05. The smallest absolute Gasteiger partial charge is 0.135 e. The van der Waals surface area contributed by atoms with Gasteiger partial charge in [-0.3, -0.25) is 4.79 Å². The summed E-state index contributed by atoms with van der Waals surface area (Å²) in [6.45, 7) is 0.0877. The molecule has 10 heavy (non-hydrogen) atoms. The Labute approximate surface area is 60.7 Å². The summed E-state index contributed by atoms with van der Waals surface area (Å²) in [6, 6.07) is 0. The van der Waals surface area contributed by atoms with Gasteiger partial charge in [0.05, 0.1) is 0 Å². The van der Waals surface area contributed by atoms with E-state index in [1.165, 1.54) is 0 Å². The Bertz CT molecular complexity index is 90.9. The van der Waals surface area contributed by atoms with Gasteiger partial charge in [0.2, 0.25) is 0 Å². The zero-order valence-electron chi connectivity index (χ0n) is 6.05. The molecular weight excluding hydrogens is 132 g/mol. The van der Waals surface area contributed by atoms with Gasteiger partial charge in [-0.1, -0.05) is 0 Å². The summed E-state index contributed by atoms with van der Waals surface area (Å²) < 4.78 is 0. The van der Waals surface area contributed by atoms with E-state index in [0.29, 0.717) is 12.8 Å². The maximum Gasteiger partial charge on any atom is 0.135 e. The molecule has 0 rings (SSSR count). The average molecular weight is 146 g/mol. The number of unbranched alkanes of at least 4 members (excludes halogenated alkanes) is 1. The molecule has 0 aromatic rings. The van der Waals surface area contributed by atoms with Crippen LogP contribution in [0.15, 0.2) is 0 Å². The van der Waals surface area contributed by atoms with Gasteiger partial charge < -0.3 is 10.2 Å². The molecule has 3 nitrogen and oxygen atoms in total. The zero-order valence-corrected chi connectivity index (χ0v) is 6.05. The Morgan fingerprint density at radius 1 is 1.00 bits per heavy atom. The van der Waals surface area contributed by atoms with Crippen LogP contribution in [0.2, 0.25) is 0 Å². The minimum atomic E-state index is -0.0576. The normalized spacial score (nSPS) is 9.80. The van der Waals surface area contributed by atoms with Gasteiger partial charge in [-0.15, -0.1) is 0 Å². The number of ketones is 1. The van der Waals surface area contributed by atoms with Gasteiger partial charge in [0.25, 0.3) is 0 Å². The van der Waals surface area contributed by atoms with Crippen molar-refractivity contribution in [3.05, 3.63) is 0 Å². The van der Waals surface area contributed by atoms with Crippen molar-refractivity contribution in [3.8, 4) is 0 Å². The highest BCUT2D eigenvalue weighted by Crippen LogP contribution is 1.97. The van der Waals surface area contributed by atoms with Gasteiger partial charge >= 0.3 is 0 Å². The Morgan fingerprint density at radius 3 is 2.20 bits per heavy atom. The first kappa shape index (κ1) is 9.59. The largest absolute Gasteiger partial charge is 0.396 e. The van der Waals surface area contributed by atoms with Crippen LogP contribution in [0.4, 0.5) is 0 Å². The van der Waals surface area contributed by atoms with Crippen molar-refractivity contribution in [2.24, 2.45) is 0 Å². The lowest BCUT2D eigenvalue weighted by molar-refractivity contribution is -0.119. The highest BCUT2D eigenvalue weighted by atomic mass is 16.3. The van der Waals surface area contributed by atoms with E-state index >= 15 is 0 Å². The molecule has 0 fully saturated rings. The molecule has 0 bridgehead atoms. The molecule has 3 heteroatoms. The first-order chi connectivity index (χ1) is 4.81. The van der Waals surface area contributed by atoms with Crippen LogP contribution in [0.3, 0.4) is 0 Å². The Hall–Kier alpha value is -0.410. The van der Waals surface area contributed by atoms with Crippen LogP contribution >= 0.6 is 0 Å². The summed E-state index contributed by atoms with van der Waals surface area (Å²) in [7, 11) is 0. The summed E-state index contributed by atoms with van der Waals surface area (Å²) in [4.78, 5) is 10.7. The topological polar surface area (TPSA) is 57.5 Å². The van der Waals surface area contributed by atoms with Crippen molar-refractivity contribution in [2.75, 3.05) is 13.2 Å². The summed E-state index contributed by atoms with van der Waals surface area (Å²) in [5.74, 6) is 0.0796. The van der Waals surface area contributed by atoms with Crippen LogP contribution in [-0.4, -0.2) is 29.2 Å². The van der Waals surface area contributed by atoms with Crippen LogP contribution in [-0.2, 0) is 4.79 Å². The number of aliphatic hydroxyl groups excluding tert-OH is 2. The van der Waals surface area contributed by atoms with Crippen LogP contribution < -0.4 is 0 Å². The highest BCUT2D eigenvalue weighted by molar-refractivity contribution is 5.78. The zero-order chi connectivity index (χ0) is 7.82. The molecule has 0 aliphatic rings. The maximum atomic E-state index is 10.7. The average Bonchev–Trinajstić information content (AvgIpc) is 1.89. The first-order valence-corrected chi connectivity index (χ1v) is 3.54. The van der Waals surface area contributed by atoms with Gasteiger partial charge in [0, 0.05) is 26.1 Å². The second-order valence-electron chi connectivity index (χ2n) is 2.19. The molecule has 0 heterocycles. The van der Waals surface area contributed by atoms with Gasteiger partial charge in [-0.25, -0.2) is 0 Å². The Kier molecular flexibility index (Phi) is 6.43. The lowest BCUT2D eigenvalue weighted by Crippen LogP contribution is -2.00. The molecule has 60 valence electrons. The quantitative estimate of drug-likeness (QED) is 0.522. The van der Waals surface area contributed by atoms with E-state index in [9.17, 15) is 4.79 Å². The van der Waals surface area contributed by atoms with Crippen molar-refractivity contribution in [1.29, 1.82) is 0 Å². The van der Waals surface area contributed by atoms with Crippen molar-refractivity contribution < 1.29 is 15.0 Å². The summed E-state index contributed by atoms with van der Waals surface area (Å²) in [5, 5.41) is 16.7. The molecule has 0 aliphatic carbocycles. The fraction of sp³-hybridized carbons (Fsp3) is 0.857. The third kappa shape index (κ3) is 5.72. The van der Waals surface area contributed by atoms with Crippen molar-refractivity contribution >= 4 is 5.78 Å². The van der Waals surface area contributed by atoms with Crippen molar-refractivity contribution in [2.45, 2.75) is 25.7 Å². The molecule has 0 aromatic heterocycles. The number of aliphatic hydroxyl groups is 2. The fourth-order valence-corrected chi connectivity index (χ4v) is 0.684. The predicted octanol–water partition coefficient (Wildman–Crippen LogP) is 0.101. The number of hydrogen-bond donors (Lipinski definition) is 2. The van der Waals surface area contributed by atoms with E-state index in [-0.39, 0.29) is 25.4 Å².